The van der Waals surface area contributed by atoms with Crippen molar-refractivity contribution in [1.82, 2.24) is 9.88 Å². The molecule has 2 saturated carbocycles. The van der Waals surface area contributed by atoms with E-state index in [2.05, 4.69) is 11.8 Å². The number of hydrogen-bond donors (Lipinski definition) is 0. The first-order valence-electron chi connectivity index (χ1n) is 11.9. The number of benzene rings is 1. The Kier molecular flexibility index (Phi) is 6.32. The van der Waals surface area contributed by atoms with E-state index in [1.807, 2.05) is 12.1 Å². The summed E-state index contributed by atoms with van der Waals surface area (Å²) in [6, 6.07) is 7.13. The molecule has 0 N–H and O–H groups in total. The molecule has 1 aromatic heterocycles. The Bertz CT molecular complexity index is 1050. The normalized spacial score (nSPS) is 22.1. The summed E-state index contributed by atoms with van der Waals surface area (Å²) in [5.41, 5.74) is 2.96. The van der Waals surface area contributed by atoms with Gasteiger partial charge in [-0.2, -0.15) is 0 Å². The van der Waals surface area contributed by atoms with E-state index in [9.17, 15) is 9.18 Å². The highest BCUT2D eigenvalue weighted by atomic mass is 35.5. The predicted molar refractivity (Wildman–Crippen MR) is 125 cm³/mol. The van der Waals surface area contributed by atoms with Gasteiger partial charge in [0.2, 0.25) is 0 Å². The summed E-state index contributed by atoms with van der Waals surface area (Å²) < 4.78 is 25.8. The van der Waals surface area contributed by atoms with Crippen LogP contribution in [0.25, 0.3) is 0 Å². The molecular formula is C26H30ClFN2O3. The van der Waals surface area contributed by atoms with Crippen LogP contribution in [0.5, 0.6) is 5.75 Å². The lowest BCUT2D eigenvalue weighted by Crippen LogP contribution is -2.42. The molecule has 1 aliphatic heterocycles. The zero-order valence-electron chi connectivity index (χ0n) is 19.2. The topological polar surface area (TPSA) is 51.7 Å². The highest BCUT2D eigenvalue weighted by Gasteiger charge is 2.33. The van der Waals surface area contributed by atoms with Crippen LogP contribution in [0.1, 0.15) is 90.6 Å². The molecule has 1 aromatic carbocycles. The van der Waals surface area contributed by atoms with Crippen molar-refractivity contribution in [3.8, 4) is 5.75 Å². The van der Waals surface area contributed by atoms with E-state index >= 15 is 0 Å². The summed E-state index contributed by atoms with van der Waals surface area (Å²) in [7, 11) is 1.27. The van der Waals surface area contributed by atoms with Gasteiger partial charge in [-0.3, -0.25) is 9.88 Å². The van der Waals surface area contributed by atoms with Crippen molar-refractivity contribution in [2.24, 2.45) is 0 Å². The molecule has 2 aromatic rings. The first-order chi connectivity index (χ1) is 15.9. The third-order valence-corrected chi connectivity index (χ3v) is 7.38. The zero-order chi connectivity index (χ0) is 23.1. The smallest absolute Gasteiger partial charge is 0.340 e. The number of piperidine rings is 1. The van der Waals surface area contributed by atoms with Crippen molar-refractivity contribution in [3.05, 3.63) is 57.6 Å². The van der Waals surface area contributed by atoms with Gasteiger partial charge in [0.1, 0.15) is 17.7 Å². The molecule has 0 spiro atoms. The van der Waals surface area contributed by atoms with E-state index in [1.165, 1.54) is 26.0 Å². The first-order valence-corrected chi connectivity index (χ1v) is 12.3. The van der Waals surface area contributed by atoms with Gasteiger partial charge in [-0.25, -0.2) is 9.18 Å². The molecule has 33 heavy (non-hydrogen) atoms. The number of likely N-dealkylation sites (tertiary alicyclic amines) is 1. The van der Waals surface area contributed by atoms with Crippen LogP contribution < -0.4 is 4.74 Å². The summed E-state index contributed by atoms with van der Waals surface area (Å²) in [5, 5.41) is 0.762. The Morgan fingerprint density at radius 1 is 1.18 bits per heavy atom. The van der Waals surface area contributed by atoms with Gasteiger partial charge < -0.3 is 9.47 Å². The van der Waals surface area contributed by atoms with Crippen LogP contribution in [-0.4, -0.2) is 42.2 Å². The van der Waals surface area contributed by atoms with Crippen molar-refractivity contribution in [2.75, 3.05) is 20.2 Å². The summed E-state index contributed by atoms with van der Waals surface area (Å²) in [6.45, 7) is 3.89. The second-order valence-corrected chi connectivity index (χ2v) is 9.97. The third-order valence-electron chi connectivity index (χ3n) is 7.06. The molecule has 5 nitrogen and oxygen atoms in total. The molecule has 1 saturated heterocycles. The number of rotatable bonds is 7. The minimum atomic E-state index is -0.653. The number of pyridine rings is 1. The molecule has 176 valence electrons. The van der Waals surface area contributed by atoms with E-state index in [-0.39, 0.29) is 17.7 Å². The third kappa shape index (κ3) is 4.87. The monoisotopic (exact) mass is 472 g/mol. The SMILES string of the molecule is COC(=O)c1cc(C2CC2)c(O[C@@H]2CCCN([C@H](C)c3ccc(Cl)c(C4CC4)n3)C2)cc1F. The number of esters is 1. The van der Waals surface area contributed by atoms with Gasteiger partial charge in [0.15, 0.2) is 0 Å². The molecule has 2 atom stereocenters. The number of carbonyl (C=O) groups is 1. The Morgan fingerprint density at radius 2 is 1.94 bits per heavy atom. The number of halogens is 2. The van der Waals surface area contributed by atoms with E-state index in [0.717, 1.165) is 60.7 Å². The van der Waals surface area contributed by atoms with Gasteiger partial charge >= 0.3 is 5.97 Å². The second kappa shape index (κ2) is 9.22. The van der Waals surface area contributed by atoms with Crippen LogP contribution in [-0.2, 0) is 4.74 Å². The second-order valence-electron chi connectivity index (χ2n) is 9.57. The van der Waals surface area contributed by atoms with Crippen LogP contribution in [0.2, 0.25) is 5.02 Å². The van der Waals surface area contributed by atoms with E-state index in [4.69, 9.17) is 26.1 Å². The molecule has 0 unspecified atom stereocenters. The maximum atomic E-state index is 14.7. The maximum absolute atomic E-state index is 14.7. The molecule has 0 radical (unpaired) electrons. The quantitative estimate of drug-likeness (QED) is 0.461. The number of nitrogens with zero attached hydrogens (tertiary/aromatic N) is 2. The van der Waals surface area contributed by atoms with Crippen LogP contribution in [0.3, 0.4) is 0 Å². The van der Waals surface area contributed by atoms with Crippen LogP contribution in [0.4, 0.5) is 4.39 Å². The summed E-state index contributed by atoms with van der Waals surface area (Å²) in [4.78, 5) is 19.2. The molecule has 7 heteroatoms. The van der Waals surface area contributed by atoms with E-state index in [0.29, 0.717) is 17.6 Å². The number of aromatic nitrogens is 1. The molecule has 5 rings (SSSR count). The zero-order valence-corrected chi connectivity index (χ0v) is 19.9. The Hall–Kier alpha value is -2.18. The largest absolute Gasteiger partial charge is 0.489 e. The minimum absolute atomic E-state index is 0.0223. The Labute approximate surface area is 199 Å². The Balaban J connectivity index is 1.32. The molecule has 0 amide bonds. The highest BCUT2D eigenvalue weighted by Crippen LogP contribution is 2.46. The lowest BCUT2D eigenvalue weighted by Gasteiger charge is -2.37. The number of ether oxygens (including phenoxy) is 2. The highest BCUT2D eigenvalue weighted by molar-refractivity contribution is 6.31. The summed E-state index contributed by atoms with van der Waals surface area (Å²) in [6.07, 6.45) is 6.26. The van der Waals surface area contributed by atoms with E-state index in [1.54, 1.807) is 6.07 Å². The minimum Gasteiger partial charge on any atom is -0.489 e. The average molecular weight is 473 g/mol. The van der Waals surface area contributed by atoms with Gasteiger partial charge in [-0.15, -0.1) is 0 Å². The molecule has 3 aliphatic rings. The van der Waals surface area contributed by atoms with Crippen molar-refractivity contribution < 1.29 is 18.7 Å². The fourth-order valence-corrected chi connectivity index (χ4v) is 5.04. The van der Waals surface area contributed by atoms with Crippen molar-refractivity contribution in [3.63, 3.8) is 0 Å². The Morgan fingerprint density at radius 3 is 2.64 bits per heavy atom. The van der Waals surface area contributed by atoms with Gasteiger partial charge in [0.05, 0.1) is 29.1 Å². The number of methoxy groups -OCH3 is 1. The molecular weight excluding hydrogens is 443 g/mol. The summed E-state index contributed by atoms with van der Waals surface area (Å²) in [5.74, 6) is 0.134. The first kappa shape index (κ1) is 22.6. The van der Waals surface area contributed by atoms with Crippen LogP contribution in [0.15, 0.2) is 24.3 Å². The number of hydrogen-bond acceptors (Lipinski definition) is 5. The van der Waals surface area contributed by atoms with Gasteiger partial charge in [-0.05, 0) is 81.7 Å². The summed E-state index contributed by atoms with van der Waals surface area (Å²) >= 11 is 6.38. The van der Waals surface area contributed by atoms with E-state index < -0.39 is 11.8 Å². The molecule has 0 bridgehead atoms. The average Bonchev–Trinajstić information content (AvgIpc) is 3.72. The molecule has 3 fully saturated rings. The van der Waals surface area contributed by atoms with Crippen LogP contribution in [0, 0.1) is 5.82 Å². The van der Waals surface area contributed by atoms with Crippen molar-refractivity contribution in [1.29, 1.82) is 0 Å². The molecule has 2 heterocycles. The predicted octanol–water partition coefficient (Wildman–Crippen LogP) is 6.02. The van der Waals surface area contributed by atoms with Crippen molar-refractivity contribution >= 4 is 17.6 Å². The fourth-order valence-electron chi connectivity index (χ4n) is 4.78. The standard InChI is InChI=1S/C26H30ClFN2O3/c1-15(23-10-9-21(27)25(29-23)17-7-8-17)30-11-3-4-18(14-30)33-24-13-22(28)20(26(31)32-2)12-19(24)16-5-6-16/h9-10,12-13,15-18H,3-8,11,14H2,1-2H3/t15-,18-/m1/s1. The van der Waals surface area contributed by atoms with Gasteiger partial charge in [0.25, 0.3) is 0 Å². The molecule has 2 aliphatic carbocycles. The van der Waals surface area contributed by atoms with Gasteiger partial charge in [-0.1, -0.05) is 11.6 Å². The fraction of sp³-hybridized carbons (Fsp3) is 0.538. The number of carbonyl (C=O) groups excluding carboxylic acids is 1. The van der Waals surface area contributed by atoms with Crippen LogP contribution >= 0.6 is 11.6 Å². The van der Waals surface area contributed by atoms with Gasteiger partial charge in [0, 0.05) is 24.6 Å². The lowest BCUT2D eigenvalue weighted by atomic mass is 10.0. The maximum Gasteiger partial charge on any atom is 0.340 e. The lowest BCUT2D eigenvalue weighted by molar-refractivity contribution is 0.0592. The van der Waals surface area contributed by atoms with Crippen molar-refractivity contribution in [2.45, 2.75) is 69.4 Å².